The summed E-state index contributed by atoms with van der Waals surface area (Å²) in [6.07, 6.45) is 2.98. The van der Waals surface area contributed by atoms with E-state index in [0.717, 1.165) is 28.8 Å². The molecule has 2 heterocycles. The third-order valence-corrected chi connectivity index (χ3v) is 5.37. The summed E-state index contributed by atoms with van der Waals surface area (Å²) in [4.78, 5) is 25.6. The zero-order valence-electron chi connectivity index (χ0n) is 15.2. The van der Waals surface area contributed by atoms with Gasteiger partial charge in [0.2, 0.25) is 6.73 Å². The SMILES string of the molecule is CCOC(=O)CCc1c(C)c2ccc3c(c2oc1=O)C[NH+](C1CC1)CO3. The van der Waals surface area contributed by atoms with Gasteiger partial charge in [-0.15, -0.1) is 0 Å². The highest BCUT2D eigenvalue weighted by Gasteiger charge is 2.37. The van der Waals surface area contributed by atoms with Crippen LogP contribution in [0.15, 0.2) is 21.3 Å². The van der Waals surface area contributed by atoms with Crippen LogP contribution in [-0.2, 0) is 22.5 Å². The van der Waals surface area contributed by atoms with Crippen LogP contribution in [0.4, 0.5) is 0 Å². The lowest BCUT2D eigenvalue weighted by atomic mass is 9.99. The van der Waals surface area contributed by atoms with Crippen LogP contribution in [0.2, 0.25) is 0 Å². The van der Waals surface area contributed by atoms with Gasteiger partial charge in [0.1, 0.15) is 12.3 Å². The monoisotopic (exact) mass is 358 g/mol. The minimum absolute atomic E-state index is 0.179. The summed E-state index contributed by atoms with van der Waals surface area (Å²) in [5.74, 6) is 0.512. The number of hydrogen-bond donors (Lipinski definition) is 1. The summed E-state index contributed by atoms with van der Waals surface area (Å²) in [7, 11) is 0. The number of esters is 1. The molecule has 0 saturated heterocycles. The van der Waals surface area contributed by atoms with Gasteiger partial charge in [-0.3, -0.25) is 9.69 Å². The number of carbonyl (C=O) groups is 1. The summed E-state index contributed by atoms with van der Waals surface area (Å²) in [6.45, 7) is 5.52. The van der Waals surface area contributed by atoms with Crippen molar-refractivity contribution < 1.29 is 23.6 Å². The molecule has 1 unspecified atom stereocenters. The molecule has 1 fully saturated rings. The Morgan fingerprint density at radius 1 is 1.35 bits per heavy atom. The van der Waals surface area contributed by atoms with Crippen LogP contribution >= 0.6 is 0 Å². The van der Waals surface area contributed by atoms with E-state index in [2.05, 4.69) is 0 Å². The lowest BCUT2D eigenvalue weighted by Crippen LogP contribution is -3.13. The standard InChI is InChI=1S/C20H23NO5/c1-3-24-18(22)9-7-15-12(2)14-6-8-17-16(19(14)26-20(15)23)10-21(11-25-17)13-4-5-13/h6,8,13H,3-5,7,9-11H2,1-2H3/p+1. The molecule has 2 aromatic rings. The van der Waals surface area contributed by atoms with Gasteiger partial charge in [-0.05, 0) is 38.0 Å². The smallest absolute Gasteiger partial charge is 0.339 e. The lowest BCUT2D eigenvalue weighted by molar-refractivity contribution is -0.943. The van der Waals surface area contributed by atoms with E-state index in [9.17, 15) is 9.59 Å². The molecule has 4 rings (SSSR count). The van der Waals surface area contributed by atoms with Crippen LogP contribution in [0, 0.1) is 6.92 Å². The first-order chi connectivity index (χ1) is 12.6. The van der Waals surface area contributed by atoms with Crippen LogP contribution in [-0.4, -0.2) is 25.3 Å². The average Bonchev–Trinajstić information content (AvgIpc) is 3.46. The van der Waals surface area contributed by atoms with E-state index in [1.165, 1.54) is 17.7 Å². The van der Waals surface area contributed by atoms with Gasteiger partial charge in [-0.25, -0.2) is 4.79 Å². The van der Waals surface area contributed by atoms with Crippen molar-refractivity contribution in [3.05, 3.63) is 39.2 Å². The van der Waals surface area contributed by atoms with Gasteiger partial charge in [-0.2, -0.15) is 0 Å². The van der Waals surface area contributed by atoms with Crippen molar-refractivity contribution in [2.24, 2.45) is 0 Å². The van der Waals surface area contributed by atoms with Crippen molar-refractivity contribution in [2.45, 2.75) is 52.1 Å². The Balaban J connectivity index is 1.70. The van der Waals surface area contributed by atoms with E-state index < -0.39 is 0 Å². The first kappa shape index (κ1) is 17.1. The van der Waals surface area contributed by atoms with Gasteiger partial charge in [0, 0.05) is 30.2 Å². The molecular weight excluding hydrogens is 334 g/mol. The molecule has 26 heavy (non-hydrogen) atoms. The molecule has 0 radical (unpaired) electrons. The molecule has 6 nitrogen and oxygen atoms in total. The fourth-order valence-corrected chi connectivity index (χ4v) is 3.75. The summed E-state index contributed by atoms with van der Waals surface area (Å²) < 4.78 is 16.6. The van der Waals surface area contributed by atoms with E-state index in [0.29, 0.717) is 36.9 Å². The van der Waals surface area contributed by atoms with Crippen molar-refractivity contribution in [3.63, 3.8) is 0 Å². The summed E-state index contributed by atoms with van der Waals surface area (Å²) >= 11 is 0. The van der Waals surface area contributed by atoms with Gasteiger partial charge in [0.25, 0.3) is 0 Å². The Morgan fingerprint density at radius 2 is 2.15 bits per heavy atom. The largest absolute Gasteiger partial charge is 0.466 e. The number of rotatable bonds is 5. The third-order valence-electron chi connectivity index (χ3n) is 5.37. The second-order valence-corrected chi connectivity index (χ2v) is 7.12. The average molecular weight is 358 g/mol. The second kappa shape index (κ2) is 6.76. The highest BCUT2D eigenvalue weighted by Crippen LogP contribution is 2.31. The van der Waals surface area contributed by atoms with Crippen LogP contribution in [0.3, 0.4) is 0 Å². The predicted molar refractivity (Wildman–Crippen MR) is 95.4 cm³/mol. The minimum atomic E-state index is -0.369. The van der Waals surface area contributed by atoms with Crippen LogP contribution in [0.5, 0.6) is 5.75 Å². The van der Waals surface area contributed by atoms with Gasteiger partial charge in [0.05, 0.1) is 18.2 Å². The highest BCUT2D eigenvalue weighted by molar-refractivity contribution is 5.86. The molecule has 1 aromatic heterocycles. The summed E-state index contributed by atoms with van der Waals surface area (Å²) in [5.41, 5.74) is 2.66. The van der Waals surface area contributed by atoms with Gasteiger partial charge in [-0.1, -0.05) is 0 Å². The molecular formula is C20H24NO5+. The first-order valence-corrected chi connectivity index (χ1v) is 9.29. The number of hydrogen-bond acceptors (Lipinski definition) is 5. The van der Waals surface area contributed by atoms with Crippen molar-refractivity contribution >= 4 is 16.9 Å². The van der Waals surface area contributed by atoms with Crippen LogP contribution in [0.25, 0.3) is 11.0 Å². The lowest BCUT2D eigenvalue weighted by Gasteiger charge is -2.26. The Hall–Kier alpha value is -2.34. The normalized spacial score (nSPS) is 19.1. The maximum atomic E-state index is 12.6. The number of quaternary nitrogens is 1. The summed E-state index contributed by atoms with van der Waals surface area (Å²) in [6, 6.07) is 4.57. The molecule has 138 valence electrons. The van der Waals surface area contributed by atoms with E-state index in [1.54, 1.807) is 6.92 Å². The molecule has 1 saturated carbocycles. The third kappa shape index (κ3) is 3.09. The van der Waals surface area contributed by atoms with Crippen LogP contribution in [0.1, 0.15) is 42.9 Å². The van der Waals surface area contributed by atoms with Crippen molar-refractivity contribution in [1.29, 1.82) is 0 Å². The molecule has 2 aliphatic rings. The molecule has 1 atom stereocenters. The molecule has 1 aliphatic carbocycles. The highest BCUT2D eigenvalue weighted by atomic mass is 16.5. The Kier molecular flexibility index (Phi) is 4.44. The number of carbonyl (C=O) groups excluding carboxylic acids is 1. The number of fused-ring (bicyclic) bond motifs is 3. The van der Waals surface area contributed by atoms with Crippen molar-refractivity contribution in [1.82, 2.24) is 0 Å². The van der Waals surface area contributed by atoms with E-state index in [1.807, 2.05) is 19.1 Å². The Bertz CT molecular complexity index is 913. The second-order valence-electron chi connectivity index (χ2n) is 7.12. The van der Waals surface area contributed by atoms with Crippen molar-refractivity contribution in [2.75, 3.05) is 13.3 Å². The Morgan fingerprint density at radius 3 is 2.88 bits per heavy atom. The zero-order valence-corrected chi connectivity index (χ0v) is 15.2. The van der Waals surface area contributed by atoms with Gasteiger partial charge >= 0.3 is 11.6 Å². The molecule has 1 aromatic carbocycles. The molecule has 6 heteroatoms. The molecule has 0 bridgehead atoms. The number of benzene rings is 1. The van der Waals surface area contributed by atoms with E-state index in [-0.39, 0.29) is 18.0 Å². The van der Waals surface area contributed by atoms with E-state index >= 15 is 0 Å². The van der Waals surface area contributed by atoms with Crippen LogP contribution < -0.4 is 15.3 Å². The summed E-state index contributed by atoms with van der Waals surface area (Å²) in [5, 5.41) is 0.919. The molecule has 0 spiro atoms. The van der Waals surface area contributed by atoms with Gasteiger partial charge < -0.3 is 13.9 Å². The Labute approximate surface area is 151 Å². The predicted octanol–water partition coefficient (Wildman–Crippen LogP) is 1.49. The number of nitrogens with one attached hydrogen (secondary N) is 1. The number of aryl methyl sites for hydroxylation is 1. The molecule has 1 N–H and O–H groups in total. The quantitative estimate of drug-likeness (QED) is 0.648. The minimum Gasteiger partial charge on any atom is -0.466 e. The van der Waals surface area contributed by atoms with Gasteiger partial charge in [0.15, 0.2) is 5.58 Å². The fraction of sp³-hybridized carbons (Fsp3) is 0.500. The number of ether oxygens (including phenoxy) is 2. The van der Waals surface area contributed by atoms with Crippen molar-refractivity contribution in [3.8, 4) is 5.75 Å². The maximum absolute atomic E-state index is 12.6. The molecule has 1 aliphatic heterocycles. The van der Waals surface area contributed by atoms with E-state index in [4.69, 9.17) is 13.9 Å². The molecule has 0 amide bonds. The maximum Gasteiger partial charge on any atom is 0.339 e. The fourth-order valence-electron chi connectivity index (χ4n) is 3.75. The topological polar surface area (TPSA) is 70.2 Å². The zero-order chi connectivity index (χ0) is 18.3. The first-order valence-electron chi connectivity index (χ1n) is 9.29.